The first kappa shape index (κ1) is 18.5. The number of alkyl halides is 3. The Labute approximate surface area is 139 Å². The number of benzene rings is 1. The highest BCUT2D eigenvalue weighted by atomic mass is 19.4. The topological polar surface area (TPSA) is 122 Å². The van der Waals surface area contributed by atoms with Gasteiger partial charge in [0.25, 0.3) is 11.6 Å². The summed E-state index contributed by atoms with van der Waals surface area (Å²) in [7, 11) is 0. The second-order valence-electron chi connectivity index (χ2n) is 5.59. The van der Waals surface area contributed by atoms with Crippen molar-refractivity contribution < 1.29 is 32.8 Å². The number of carboxylic acid groups (broad SMARTS) is 1. The minimum atomic E-state index is -4.79. The van der Waals surface area contributed by atoms with E-state index in [1.54, 1.807) is 5.32 Å². The molecule has 0 bridgehead atoms. The van der Waals surface area contributed by atoms with Crippen molar-refractivity contribution in [3.63, 3.8) is 0 Å². The van der Waals surface area contributed by atoms with Crippen molar-refractivity contribution in [2.75, 3.05) is 5.32 Å². The van der Waals surface area contributed by atoms with Crippen LogP contribution in [0.4, 0.5) is 24.5 Å². The zero-order chi connectivity index (χ0) is 18.8. The average Bonchev–Trinajstić information content (AvgIpc) is 3.29. The van der Waals surface area contributed by atoms with E-state index in [1.165, 1.54) is 12.1 Å². The van der Waals surface area contributed by atoms with Gasteiger partial charge in [-0.05, 0) is 25.0 Å². The summed E-state index contributed by atoms with van der Waals surface area (Å²) in [4.78, 5) is 33.2. The van der Waals surface area contributed by atoms with Gasteiger partial charge < -0.3 is 15.7 Å². The monoisotopic (exact) mass is 361 g/mol. The van der Waals surface area contributed by atoms with Gasteiger partial charge in [-0.25, -0.2) is 4.79 Å². The lowest BCUT2D eigenvalue weighted by atomic mass is 10.1. The Balaban J connectivity index is 2.18. The molecule has 11 heteroatoms. The molecule has 0 aliphatic heterocycles. The molecule has 1 aliphatic carbocycles. The van der Waals surface area contributed by atoms with Crippen molar-refractivity contribution in [1.29, 1.82) is 0 Å². The lowest BCUT2D eigenvalue weighted by Crippen LogP contribution is -2.43. The second kappa shape index (κ2) is 6.95. The van der Waals surface area contributed by atoms with Crippen LogP contribution in [0, 0.1) is 10.1 Å². The largest absolute Gasteiger partial charge is 0.480 e. The van der Waals surface area contributed by atoms with E-state index in [2.05, 4.69) is 5.32 Å². The minimum Gasteiger partial charge on any atom is -0.480 e. The number of carbonyl (C=O) groups is 2. The summed E-state index contributed by atoms with van der Waals surface area (Å²) in [6.45, 7) is 0. The van der Waals surface area contributed by atoms with Crippen LogP contribution >= 0.6 is 0 Å². The van der Waals surface area contributed by atoms with Crippen LogP contribution in [0.5, 0.6) is 0 Å². The predicted octanol–water partition coefficient (Wildman–Crippen LogP) is 2.30. The number of amides is 1. The summed E-state index contributed by atoms with van der Waals surface area (Å²) < 4.78 is 37.1. The quantitative estimate of drug-likeness (QED) is 0.506. The van der Waals surface area contributed by atoms with E-state index in [4.69, 9.17) is 5.11 Å². The highest BCUT2D eigenvalue weighted by Crippen LogP contribution is 2.31. The summed E-state index contributed by atoms with van der Waals surface area (Å²) in [6.07, 6.45) is -4.83. The Morgan fingerprint density at radius 1 is 1.36 bits per heavy atom. The van der Waals surface area contributed by atoms with Gasteiger partial charge in [0.15, 0.2) is 0 Å². The SMILES string of the molecule is O=C(NC(CC(F)(F)F)C(=O)O)c1ccc(NC2CC2)c([N+](=O)[O-])c1. The number of halogens is 3. The minimum absolute atomic E-state index is 0.113. The summed E-state index contributed by atoms with van der Waals surface area (Å²) >= 11 is 0. The Kier molecular flexibility index (Phi) is 5.14. The molecule has 1 atom stereocenters. The number of rotatable bonds is 7. The highest BCUT2D eigenvalue weighted by molar-refractivity contribution is 5.97. The zero-order valence-corrected chi connectivity index (χ0v) is 12.7. The fraction of sp³-hybridized carbons (Fsp3) is 0.429. The van der Waals surface area contributed by atoms with E-state index >= 15 is 0 Å². The van der Waals surface area contributed by atoms with Crippen LogP contribution in [0.15, 0.2) is 18.2 Å². The van der Waals surface area contributed by atoms with Crippen LogP contribution in [0.25, 0.3) is 0 Å². The van der Waals surface area contributed by atoms with Crippen molar-refractivity contribution in [3.8, 4) is 0 Å². The van der Waals surface area contributed by atoms with Gasteiger partial charge in [0.1, 0.15) is 11.7 Å². The van der Waals surface area contributed by atoms with Gasteiger partial charge in [-0.3, -0.25) is 14.9 Å². The van der Waals surface area contributed by atoms with Gasteiger partial charge in [0.05, 0.1) is 11.3 Å². The second-order valence-corrected chi connectivity index (χ2v) is 5.59. The van der Waals surface area contributed by atoms with Crippen LogP contribution in [-0.4, -0.2) is 40.2 Å². The number of carbonyl (C=O) groups excluding carboxylic acids is 1. The average molecular weight is 361 g/mol. The molecular weight excluding hydrogens is 347 g/mol. The standard InChI is InChI=1S/C14H14F3N3O5/c15-14(16,17)6-10(13(22)23)19-12(21)7-1-4-9(18-8-2-3-8)11(5-7)20(24)25/h1,4-5,8,10,18H,2-3,6H2,(H,19,21)(H,22,23). The molecule has 1 amide bonds. The maximum absolute atomic E-state index is 12.4. The molecule has 136 valence electrons. The molecule has 1 unspecified atom stereocenters. The fourth-order valence-corrected chi connectivity index (χ4v) is 2.07. The maximum Gasteiger partial charge on any atom is 0.391 e. The molecule has 1 aromatic carbocycles. The van der Waals surface area contributed by atoms with Crippen LogP contribution in [0.3, 0.4) is 0 Å². The van der Waals surface area contributed by atoms with Crippen LogP contribution in [-0.2, 0) is 4.79 Å². The third-order valence-electron chi connectivity index (χ3n) is 3.43. The van der Waals surface area contributed by atoms with Gasteiger partial charge in [-0.2, -0.15) is 13.2 Å². The molecule has 8 nitrogen and oxygen atoms in total. The first-order valence-corrected chi connectivity index (χ1v) is 7.22. The molecule has 3 N–H and O–H groups in total. The molecule has 25 heavy (non-hydrogen) atoms. The van der Waals surface area contributed by atoms with Gasteiger partial charge in [-0.1, -0.05) is 0 Å². The Bertz CT molecular complexity index is 703. The van der Waals surface area contributed by atoms with E-state index in [-0.39, 0.29) is 17.3 Å². The predicted molar refractivity (Wildman–Crippen MR) is 79.3 cm³/mol. The zero-order valence-electron chi connectivity index (χ0n) is 12.7. The number of nitro benzene ring substituents is 1. The lowest BCUT2D eigenvalue weighted by Gasteiger charge is -2.16. The van der Waals surface area contributed by atoms with E-state index in [0.29, 0.717) is 0 Å². The lowest BCUT2D eigenvalue weighted by molar-refractivity contribution is -0.384. The van der Waals surface area contributed by atoms with Crippen molar-refractivity contribution in [2.45, 2.75) is 37.5 Å². The Morgan fingerprint density at radius 3 is 2.48 bits per heavy atom. The number of hydrogen-bond donors (Lipinski definition) is 3. The Hall–Kier alpha value is -2.85. The van der Waals surface area contributed by atoms with Gasteiger partial charge >= 0.3 is 12.1 Å². The van der Waals surface area contributed by atoms with Crippen molar-refractivity contribution >= 4 is 23.3 Å². The van der Waals surface area contributed by atoms with Gasteiger partial charge in [0.2, 0.25) is 0 Å². The molecule has 1 aliphatic rings. The summed E-state index contributed by atoms with van der Waals surface area (Å²) in [5, 5.41) is 24.5. The van der Waals surface area contributed by atoms with Crippen molar-refractivity contribution in [2.24, 2.45) is 0 Å². The third kappa shape index (κ3) is 5.33. The molecule has 0 radical (unpaired) electrons. The van der Waals surface area contributed by atoms with E-state index in [9.17, 15) is 32.9 Å². The van der Waals surface area contributed by atoms with Crippen LogP contribution in [0.2, 0.25) is 0 Å². The van der Waals surface area contributed by atoms with Crippen molar-refractivity contribution in [3.05, 3.63) is 33.9 Å². The summed E-state index contributed by atoms with van der Waals surface area (Å²) in [6, 6.07) is 1.27. The van der Waals surface area contributed by atoms with Crippen LogP contribution < -0.4 is 10.6 Å². The normalized spacial score (nSPS) is 15.3. The number of nitrogens with one attached hydrogen (secondary N) is 2. The highest BCUT2D eigenvalue weighted by Gasteiger charge is 2.36. The molecule has 2 rings (SSSR count). The van der Waals surface area contributed by atoms with Gasteiger partial charge in [-0.15, -0.1) is 0 Å². The molecule has 1 saturated carbocycles. The number of nitro groups is 1. The molecule has 0 saturated heterocycles. The number of hydrogen-bond acceptors (Lipinski definition) is 5. The molecule has 0 aromatic heterocycles. The molecular formula is C14H14F3N3O5. The molecule has 0 heterocycles. The third-order valence-corrected chi connectivity index (χ3v) is 3.43. The summed E-state index contributed by atoms with van der Waals surface area (Å²) in [5.41, 5.74) is -0.530. The number of anilines is 1. The van der Waals surface area contributed by atoms with Crippen molar-refractivity contribution in [1.82, 2.24) is 5.32 Å². The molecule has 1 fully saturated rings. The number of aliphatic carboxylic acids is 1. The van der Waals surface area contributed by atoms with E-state index in [1.807, 2.05) is 0 Å². The van der Waals surface area contributed by atoms with E-state index in [0.717, 1.165) is 18.9 Å². The maximum atomic E-state index is 12.4. The fourth-order valence-electron chi connectivity index (χ4n) is 2.07. The first-order chi connectivity index (χ1) is 11.6. The number of carboxylic acids is 1. The molecule has 1 aromatic rings. The van der Waals surface area contributed by atoms with E-state index < -0.39 is 41.1 Å². The van der Waals surface area contributed by atoms with Gasteiger partial charge in [0, 0.05) is 17.7 Å². The number of nitrogens with zero attached hydrogens (tertiary/aromatic N) is 1. The first-order valence-electron chi connectivity index (χ1n) is 7.22. The summed E-state index contributed by atoms with van der Waals surface area (Å²) in [5.74, 6) is -3.00. The Morgan fingerprint density at radius 2 is 2.00 bits per heavy atom. The van der Waals surface area contributed by atoms with Crippen LogP contribution in [0.1, 0.15) is 29.6 Å². The smallest absolute Gasteiger partial charge is 0.391 e. The molecule has 0 spiro atoms.